The maximum atomic E-state index is 10.6. The topological polar surface area (TPSA) is 55.5 Å². The first-order valence-corrected chi connectivity index (χ1v) is 4.02. The van der Waals surface area contributed by atoms with E-state index in [9.17, 15) is 5.21 Å². The largest absolute Gasteiger partial charge is 0.603 e. The van der Waals surface area contributed by atoms with Crippen LogP contribution in [0.1, 0.15) is 26.2 Å². The summed E-state index contributed by atoms with van der Waals surface area (Å²) in [6.45, 7) is 3.39. The van der Waals surface area contributed by atoms with Crippen molar-refractivity contribution in [1.82, 2.24) is 5.01 Å². The van der Waals surface area contributed by atoms with Gasteiger partial charge in [0, 0.05) is 11.8 Å². The minimum Gasteiger partial charge on any atom is -0.603 e. The van der Waals surface area contributed by atoms with Crippen molar-refractivity contribution in [2.75, 3.05) is 13.2 Å². The zero-order valence-electron chi connectivity index (χ0n) is 6.79. The Morgan fingerprint density at radius 2 is 2.36 bits per heavy atom. The molecular formula is C6H14N4O. The van der Waals surface area contributed by atoms with Gasteiger partial charge in [-0.25, -0.2) is 10.2 Å². The van der Waals surface area contributed by atoms with Crippen LogP contribution < -0.4 is 5.17 Å². The molecule has 1 rings (SSSR count). The van der Waals surface area contributed by atoms with Gasteiger partial charge in [0.25, 0.3) is 0 Å². The Morgan fingerprint density at radius 3 is 2.91 bits per heavy atom. The van der Waals surface area contributed by atoms with Crippen molar-refractivity contribution in [3.05, 3.63) is 5.21 Å². The number of quaternary nitrogens is 1. The van der Waals surface area contributed by atoms with E-state index < -0.39 is 0 Å². The molecule has 0 fully saturated rings. The number of nitrogens with one attached hydrogen (secondary N) is 1. The predicted molar refractivity (Wildman–Crippen MR) is 40.3 cm³/mol. The van der Waals surface area contributed by atoms with Crippen molar-refractivity contribution in [3.63, 3.8) is 0 Å². The Kier molecular flexibility index (Phi) is 3.25. The van der Waals surface area contributed by atoms with Crippen LogP contribution in [0.2, 0.25) is 0 Å². The average molecular weight is 158 g/mol. The lowest BCUT2D eigenvalue weighted by Crippen LogP contribution is -3.01. The molecule has 0 aliphatic carbocycles. The minimum atomic E-state index is -0.124. The lowest BCUT2D eigenvalue weighted by Gasteiger charge is -2.11. The number of unbranched alkanes of at least 4 members (excludes halogenated alkanes) is 2. The van der Waals surface area contributed by atoms with Crippen LogP contribution in [-0.2, 0) is 0 Å². The molecule has 64 valence electrons. The number of nitrogens with zero attached hydrogens (tertiary/aromatic N) is 3. The van der Waals surface area contributed by atoms with Gasteiger partial charge in [0.1, 0.15) is 0 Å². The monoisotopic (exact) mass is 158 g/mol. The van der Waals surface area contributed by atoms with Crippen molar-refractivity contribution in [2.45, 2.75) is 26.2 Å². The summed E-state index contributed by atoms with van der Waals surface area (Å²) < 4.78 is 0. The van der Waals surface area contributed by atoms with Crippen LogP contribution in [0.4, 0.5) is 0 Å². The van der Waals surface area contributed by atoms with Gasteiger partial charge in [-0.1, -0.05) is 19.8 Å². The van der Waals surface area contributed by atoms with Crippen LogP contribution in [0.25, 0.3) is 0 Å². The van der Waals surface area contributed by atoms with Crippen LogP contribution in [0.15, 0.2) is 10.4 Å². The highest BCUT2D eigenvalue weighted by molar-refractivity contribution is 4.46. The smallest absolute Gasteiger partial charge is 0.195 e. The molecule has 5 nitrogen and oxygen atoms in total. The second-order valence-corrected chi connectivity index (χ2v) is 2.68. The molecule has 0 aromatic heterocycles. The molecule has 0 saturated carbocycles. The molecule has 1 heterocycles. The van der Waals surface area contributed by atoms with E-state index in [1.807, 2.05) is 0 Å². The first-order chi connectivity index (χ1) is 5.33. The van der Waals surface area contributed by atoms with Gasteiger partial charge < -0.3 is 5.21 Å². The molecule has 1 N–H and O–H groups in total. The zero-order valence-corrected chi connectivity index (χ0v) is 6.79. The molecule has 5 heteroatoms. The molecule has 0 bridgehead atoms. The fourth-order valence-corrected chi connectivity index (χ4v) is 1.00. The highest BCUT2D eigenvalue weighted by atomic mass is 16.5. The van der Waals surface area contributed by atoms with Crippen molar-refractivity contribution in [2.24, 2.45) is 10.4 Å². The third kappa shape index (κ3) is 2.81. The van der Waals surface area contributed by atoms with Crippen LogP contribution in [0, 0.1) is 5.21 Å². The molecule has 1 aliphatic rings. The quantitative estimate of drug-likeness (QED) is 0.466. The average Bonchev–Trinajstić information content (AvgIpc) is 2.37. The molecule has 1 atom stereocenters. The van der Waals surface area contributed by atoms with Gasteiger partial charge in [0.05, 0.1) is 0 Å². The number of rotatable bonds is 4. The first-order valence-electron chi connectivity index (χ1n) is 4.02. The van der Waals surface area contributed by atoms with E-state index in [4.69, 9.17) is 0 Å². The van der Waals surface area contributed by atoms with Gasteiger partial charge >= 0.3 is 0 Å². The standard InChI is InChI=1S/C6H14N4O/c1-2-3-4-5-9-6-10(11)8-7-9/h10H,2-6H2,1H3. The molecule has 11 heavy (non-hydrogen) atoms. The second kappa shape index (κ2) is 4.25. The van der Waals surface area contributed by atoms with Gasteiger partial charge in [-0.15, -0.1) is 0 Å². The van der Waals surface area contributed by atoms with Gasteiger partial charge in [-0.05, 0) is 11.6 Å². The second-order valence-electron chi connectivity index (χ2n) is 2.68. The molecule has 0 spiro atoms. The van der Waals surface area contributed by atoms with Crippen LogP contribution in [0.5, 0.6) is 0 Å². The number of hydrogen-bond acceptors (Lipinski definition) is 4. The summed E-state index contributed by atoms with van der Waals surface area (Å²) in [6, 6.07) is 0. The Bertz CT molecular complexity index is 139. The summed E-state index contributed by atoms with van der Waals surface area (Å²) in [5, 5.41) is 19.3. The van der Waals surface area contributed by atoms with E-state index in [0.29, 0.717) is 6.67 Å². The predicted octanol–water partition coefficient (Wildman–Crippen LogP) is 0.115. The maximum Gasteiger partial charge on any atom is 0.195 e. The van der Waals surface area contributed by atoms with E-state index in [1.165, 1.54) is 12.8 Å². The fraction of sp³-hybridized carbons (Fsp3) is 1.00. The van der Waals surface area contributed by atoms with Crippen LogP contribution in [-0.4, -0.2) is 18.2 Å². The highest BCUT2D eigenvalue weighted by Gasteiger charge is 2.12. The highest BCUT2D eigenvalue weighted by Crippen LogP contribution is 1.98. The van der Waals surface area contributed by atoms with E-state index in [0.717, 1.165) is 13.0 Å². The zero-order chi connectivity index (χ0) is 8.10. The van der Waals surface area contributed by atoms with Gasteiger partial charge in [-0.3, -0.25) is 0 Å². The Balaban J connectivity index is 2.05. The lowest BCUT2D eigenvalue weighted by molar-refractivity contribution is -0.857. The van der Waals surface area contributed by atoms with Crippen molar-refractivity contribution in [1.29, 1.82) is 0 Å². The normalized spacial score (nSPS) is 23.1. The summed E-state index contributed by atoms with van der Waals surface area (Å²) in [5.74, 6) is 0. The summed E-state index contributed by atoms with van der Waals surface area (Å²) >= 11 is 0. The fourth-order valence-electron chi connectivity index (χ4n) is 1.00. The molecule has 1 aliphatic heterocycles. The minimum absolute atomic E-state index is 0.124. The van der Waals surface area contributed by atoms with E-state index >= 15 is 0 Å². The lowest BCUT2D eigenvalue weighted by atomic mass is 10.2. The van der Waals surface area contributed by atoms with Gasteiger partial charge in [-0.2, -0.15) is 0 Å². The maximum absolute atomic E-state index is 10.6. The Morgan fingerprint density at radius 1 is 1.55 bits per heavy atom. The van der Waals surface area contributed by atoms with E-state index in [2.05, 4.69) is 17.4 Å². The SMILES string of the molecule is CCCCCN1C[NH+]([O-])N=N1. The van der Waals surface area contributed by atoms with Crippen LogP contribution >= 0.6 is 0 Å². The van der Waals surface area contributed by atoms with Crippen LogP contribution in [0.3, 0.4) is 0 Å². The summed E-state index contributed by atoms with van der Waals surface area (Å²) in [6.07, 6.45) is 3.49. The molecule has 0 saturated heterocycles. The summed E-state index contributed by atoms with van der Waals surface area (Å²) in [7, 11) is 0. The molecule has 0 aromatic carbocycles. The van der Waals surface area contributed by atoms with Gasteiger partial charge in [0.15, 0.2) is 6.67 Å². The summed E-state index contributed by atoms with van der Waals surface area (Å²) in [4.78, 5) is 0. The van der Waals surface area contributed by atoms with Crippen molar-refractivity contribution in [3.8, 4) is 0 Å². The van der Waals surface area contributed by atoms with E-state index in [-0.39, 0.29) is 5.17 Å². The first kappa shape index (κ1) is 8.42. The number of hydrogen-bond donors (Lipinski definition) is 1. The van der Waals surface area contributed by atoms with E-state index in [1.54, 1.807) is 5.01 Å². The Labute approximate surface area is 66.2 Å². The van der Waals surface area contributed by atoms with Crippen molar-refractivity contribution < 1.29 is 5.17 Å². The Hall–Kier alpha value is -0.680. The summed E-state index contributed by atoms with van der Waals surface area (Å²) in [5.41, 5.74) is 0. The molecule has 0 amide bonds. The third-order valence-corrected chi connectivity index (χ3v) is 1.62. The van der Waals surface area contributed by atoms with Gasteiger partial charge in [0.2, 0.25) is 0 Å². The third-order valence-electron chi connectivity index (χ3n) is 1.62. The molecule has 0 radical (unpaired) electrons. The number of hydroxylamine groups is 1. The molecule has 0 aromatic rings. The van der Waals surface area contributed by atoms with Crippen molar-refractivity contribution >= 4 is 0 Å². The molecular weight excluding hydrogens is 144 g/mol. The molecule has 1 unspecified atom stereocenters.